The van der Waals surface area contributed by atoms with Gasteiger partial charge in [-0.1, -0.05) is 84.9 Å². The molecule has 6 nitrogen and oxygen atoms in total. The normalized spacial score (nSPS) is 10.7. The molecule has 0 bridgehead atoms. The van der Waals surface area contributed by atoms with Gasteiger partial charge in [-0.3, -0.25) is 19.2 Å². The van der Waals surface area contributed by atoms with Crippen molar-refractivity contribution >= 4 is 34.3 Å². The van der Waals surface area contributed by atoms with Crippen LogP contribution in [0, 0.1) is 0 Å². The van der Waals surface area contributed by atoms with Gasteiger partial charge in [0.15, 0.2) is 11.6 Å². The van der Waals surface area contributed by atoms with Crippen LogP contribution in [0.1, 0.15) is 31.8 Å². The minimum atomic E-state index is -0.659. The molecule has 36 heavy (non-hydrogen) atoms. The number of anilines is 4. The molecular weight excluding hydrogens is 452 g/mol. The van der Waals surface area contributed by atoms with Crippen LogP contribution in [0.25, 0.3) is 0 Å². The third-order valence-corrected chi connectivity index (χ3v) is 5.77. The van der Waals surface area contributed by atoms with Crippen LogP contribution in [0.15, 0.2) is 119 Å². The average Bonchev–Trinajstić information content (AvgIpc) is 2.95. The van der Waals surface area contributed by atoms with E-state index >= 15 is 0 Å². The van der Waals surface area contributed by atoms with E-state index in [-0.39, 0.29) is 22.9 Å². The highest BCUT2D eigenvalue weighted by Gasteiger charge is 2.22. The van der Waals surface area contributed by atoms with Gasteiger partial charge in [-0.25, -0.2) is 0 Å². The monoisotopic (exact) mass is 472 g/mol. The number of hydrogen-bond acceptors (Lipinski definition) is 6. The summed E-state index contributed by atoms with van der Waals surface area (Å²) in [7, 11) is 0. The molecular formula is C30H20N2O4. The fraction of sp³-hybridized carbons (Fsp3) is 0. The number of carbonyl (C=O) groups is 2. The van der Waals surface area contributed by atoms with Crippen molar-refractivity contribution in [2.75, 3.05) is 10.6 Å². The van der Waals surface area contributed by atoms with E-state index in [1.54, 1.807) is 97.1 Å². The number of benzene rings is 4. The smallest absolute Gasteiger partial charge is 0.253 e. The molecule has 0 heterocycles. The Morgan fingerprint density at radius 1 is 0.444 bits per heavy atom. The van der Waals surface area contributed by atoms with E-state index in [4.69, 9.17) is 0 Å². The summed E-state index contributed by atoms with van der Waals surface area (Å²) in [4.78, 5) is 50.2. The zero-order chi connectivity index (χ0) is 25.1. The van der Waals surface area contributed by atoms with E-state index in [1.165, 1.54) is 0 Å². The molecule has 0 fully saturated rings. The van der Waals surface area contributed by atoms with Crippen LogP contribution >= 0.6 is 0 Å². The Morgan fingerprint density at radius 3 is 1.19 bits per heavy atom. The van der Waals surface area contributed by atoms with Gasteiger partial charge in [-0.15, -0.1) is 0 Å². The van der Waals surface area contributed by atoms with Crippen molar-refractivity contribution in [2.45, 2.75) is 0 Å². The topological polar surface area (TPSA) is 92.3 Å². The van der Waals surface area contributed by atoms with Crippen LogP contribution in [0.4, 0.5) is 22.7 Å². The molecule has 174 valence electrons. The molecule has 0 atom stereocenters. The second-order valence-electron chi connectivity index (χ2n) is 8.21. The van der Waals surface area contributed by atoms with Gasteiger partial charge in [0.2, 0.25) is 0 Å². The molecule has 5 aromatic rings. The fourth-order valence-electron chi connectivity index (χ4n) is 3.91. The van der Waals surface area contributed by atoms with Gasteiger partial charge in [0.05, 0.1) is 0 Å². The SMILES string of the molecule is O=C(c1ccccc1)c1cccc(Nc2c(Nc3cccc(C(=O)c4ccccc4)c3)c(=O)c2=O)c1. The van der Waals surface area contributed by atoms with E-state index in [9.17, 15) is 19.2 Å². The molecule has 0 saturated carbocycles. The third kappa shape index (κ3) is 4.48. The van der Waals surface area contributed by atoms with Crippen molar-refractivity contribution in [1.29, 1.82) is 0 Å². The average molecular weight is 473 g/mol. The molecule has 0 amide bonds. The molecule has 2 N–H and O–H groups in total. The van der Waals surface area contributed by atoms with Crippen molar-refractivity contribution < 1.29 is 9.59 Å². The maximum atomic E-state index is 12.8. The maximum Gasteiger partial charge on any atom is 0.253 e. The van der Waals surface area contributed by atoms with Gasteiger partial charge >= 0.3 is 0 Å². The van der Waals surface area contributed by atoms with Gasteiger partial charge in [-0.05, 0) is 24.3 Å². The summed E-state index contributed by atoms with van der Waals surface area (Å²) < 4.78 is 0. The number of hydrogen-bond donors (Lipinski definition) is 2. The number of nitrogens with one attached hydrogen (secondary N) is 2. The molecule has 0 radical (unpaired) electrons. The van der Waals surface area contributed by atoms with Crippen LogP contribution in [0.3, 0.4) is 0 Å². The summed E-state index contributed by atoms with van der Waals surface area (Å²) in [5, 5.41) is 5.93. The highest BCUT2D eigenvalue weighted by molar-refractivity contribution is 6.10. The van der Waals surface area contributed by atoms with Crippen molar-refractivity contribution in [1.82, 2.24) is 0 Å². The largest absolute Gasteiger partial charge is 0.350 e. The lowest BCUT2D eigenvalue weighted by molar-refractivity contribution is 0.103. The quantitative estimate of drug-likeness (QED) is 0.237. The van der Waals surface area contributed by atoms with E-state index in [0.717, 1.165) is 0 Å². The lowest BCUT2D eigenvalue weighted by Gasteiger charge is -2.16. The highest BCUT2D eigenvalue weighted by atomic mass is 16.2. The van der Waals surface area contributed by atoms with Gasteiger partial charge in [0.1, 0.15) is 11.4 Å². The summed E-state index contributed by atoms with van der Waals surface area (Å²) in [6.07, 6.45) is 0. The van der Waals surface area contributed by atoms with E-state index in [0.29, 0.717) is 33.6 Å². The standard InChI is InChI=1S/C30H20N2O4/c33-27(19-9-3-1-4-10-19)21-13-7-15-23(17-21)31-25-26(30(36)29(25)35)32-24-16-8-14-22(18-24)28(34)20-11-5-2-6-12-20/h1-18,31-32H. The molecule has 0 spiro atoms. The Balaban J connectivity index is 1.37. The van der Waals surface area contributed by atoms with Crippen LogP contribution in [-0.4, -0.2) is 11.6 Å². The molecule has 0 aliphatic rings. The first-order valence-electron chi connectivity index (χ1n) is 11.3. The second-order valence-corrected chi connectivity index (χ2v) is 8.21. The molecule has 6 heteroatoms. The van der Waals surface area contributed by atoms with Crippen molar-refractivity contribution in [3.8, 4) is 0 Å². The second kappa shape index (κ2) is 9.64. The number of ketones is 2. The summed E-state index contributed by atoms with van der Waals surface area (Å²) in [6, 6.07) is 31.2. The lowest BCUT2D eigenvalue weighted by atomic mass is 10.0. The van der Waals surface area contributed by atoms with E-state index < -0.39 is 10.9 Å². The van der Waals surface area contributed by atoms with Crippen LogP contribution < -0.4 is 21.5 Å². The zero-order valence-corrected chi connectivity index (χ0v) is 19.0. The molecule has 0 aliphatic carbocycles. The Hall–Kier alpha value is -5.10. The molecule has 0 unspecified atom stereocenters. The van der Waals surface area contributed by atoms with Crippen molar-refractivity contribution in [2.24, 2.45) is 0 Å². The van der Waals surface area contributed by atoms with Gasteiger partial charge in [0.25, 0.3) is 10.9 Å². The molecule has 0 aromatic heterocycles. The predicted octanol–water partition coefficient (Wildman–Crippen LogP) is 5.23. The first kappa shape index (κ1) is 22.7. The first-order valence-corrected chi connectivity index (χ1v) is 11.3. The Bertz CT molecular complexity index is 1530. The Morgan fingerprint density at radius 2 is 0.806 bits per heavy atom. The Kier molecular flexibility index (Phi) is 6.07. The van der Waals surface area contributed by atoms with E-state index in [1.807, 2.05) is 12.1 Å². The fourth-order valence-corrected chi connectivity index (χ4v) is 3.91. The highest BCUT2D eigenvalue weighted by Crippen LogP contribution is 2.26. The summed E-state index contributed by atoms with van der Waals surface area (Å²) in [5.74, 6) is -0.301. The first-order chi connectivity index (χ1) is 17.5. The van der Waals surface area contributed by atoms with Crippen molar-refractivity contribution in [3.63, 3.8) is 0 Å². The summed E-state index contributed by atoms with van der Waals surface area (Å²) in [5.41, 5.74) is 1.89. The maximum absolute atomic E-state index is 12.8. The van der Waals surface area contributed by atoms with Crippen LogP contribution in [0.2, 0.25) is 0 Å². The minimum Gasteiger partial charge on any atom is -0.350 e. The Labute approximate surface area is 206 Å². The molecule has 5 rings (SSSR count). The predicted molar refractivity (Wildman–Crippen MR) is 141 cm³/mol. The molecule has 5 aromatic carbocycles. The van der Waals surface area contributed by atoms with Crippen LogP contribution in [0.5, 0.6) is 0 Å². The minimum absolute atomic E-state index is 0.101. The summed E-state index contributed by atoms with van der Waals surface area (Å²) >= 11 is 0. The molecule has 0 aliphatic heterocycles. The van der Waals surface area contributed by atoms with Crippen molar-refractivity contribution in [3.05, 3.63) is 152 Å². The van der Waals surface area contributed by atoms with Crippen LogP contribution in [-0.2, 0) is 0 Å². The van der Waals surface area contributed by atoms with Gasteiger partial charge in [-0.2, -0.15) is 0 Å². The number of rotatable bonds is 8. The summed E-state index contributed by atoms with van der Waals surface area (Å²) in [6.45, 7) is 0. The zero-order valence-electron chi connectivity index (χ0n) is 19.0. The van der Waals surface area contributed by atoms with E-state index in [2.05, 4.69) is 10.6 Å². The van der Waals surface area contributed by atoms with Gasteiger partial charge < -0.3 is 10.6 Å². The number of carbonyl (C=O) groups excluding carboxylic acids is 2. The lowest BCUT2D eigenvalue weighted by Crippen LogP contribution is -2.35. The van der Waals surface area contributed by atoms with Gasteiger partial charge in [0, 0.05) is 33.6 Å². The third-order valence-electron chi connectivity index (χ3n) is 5.77. The molecule has 0 saturated heterocycles.